The zero-order valence-electron chi connectivity index (χ0n) is 10.2. The molecule has 0 aliphatic carbocycles. The van der Waals surface area contributed by atoms with E-state index in [2.05, 4.69) is 5.32 Å². The number of ether oxygens (including phenoxy) is 1. The molecule has 1 saturated heterocycles. The Bertz CT molecular complexity index is 469. The van der Waals surface area contributed by atoms with Gasteiger partial charge < -0.3 is 15.8 Å². The van der Waals surface area contributed by atoms with Crippen molar-refractivity contribution in [3.8, 4) is 0 Å². The molecule has 2 amide bonds. The molecule has 0 spiro atoms. The Morgan fingerprint density at radius 3 is 3.17 bits per heavy atom. The van der Waals surface area contributed by atoms with Crippen LogP contribution in [-0.2, 0) is 11.2 Å². The minimum absolute atomic E-state index is 0.0464. The highest BCUT2D eigenvalue weighted by molar-refractivity contribution is 5.95. The minimum atomic E-state index is -0.0464. The van der Waals surface area contributed by atoms with Crippen LogP contribution in [0.1, 0.15) is 12.0 Å². The van der Waals surface area contributed by atoms with Crippen molar-refractivity contribution in [1.82, 2.24) is 5.32 Å². The molecule has 1 atom stereocenters. The molecular formula is C13H17N3O2. The molecular weight excluding hydrogens is 230 g/mol. The number of nitrogens with zero attached hydrogens (tertiary/aromatic N) is 1. The van der Waals surface area contributed by atoms with Crippen molar-refractivity contribution >= 4 is 17.4 Å². The average Bonchev–Trinajstić information content (AvgIpc) is 2.97. The van der Waals surface area contributed by atoms with Gasteiger partial charge in [-0.25, -0.2) is 4.79 Å². The van der Waals surface area contributed by atoms with Crippen LogP contribution in [0.5, 0.6) is 0 Å². The summed E-state index contributed by atoms with van der Waals surface area (Å²) in [5.41, 5.74) is 8.59. The molecule has 0 saturated carbocycles. The molecule has 96 valence electrons. The number of rotatable bonds is 1. The predicted molar refractivity (Wildman–Crippen MR) is 69.7 cm³/mol. The SMILES string of the molecule is Nc1ccc2c(c1)N(C(=O)NC1CCOC1)CC2. The molecule has 3 rings (SSSR count). The van der Waals surface area contributed by atoms with Crippen LogP contribution in [-0.4, -0.2) is 31.8 Å². The zero-order valence-corrected chi connectivity index (χ0v) is 10.2. The Balaban J connectivity index is 1.74. The third-order valence-corrected chi connectivity index (χ3v) is 3.51. The fourth-order valence-corrected chi connectivity index (χ4v) is 2.51. The summed E-state index contributed by atoms with van der Waals surface area (Å²) in [6.45, 7) is 2.07. The summed E-state index contributed by atoms with van der Waals surface area (Å²) < 4.78 is 5.26. The van der Waals surface area contributed by atoms with Crippen LogP contribution < -0.4 is 16.0 Å². The Kier molecular flexibility index (Phi) is 2.83. The van der Waals surface area contributed by atoms with E-state index in [0.29, 0.717) is 12.3 Å². The Morgan fingerprint density at radius 2 is 2.39 bits per heavy atom. The predicted octanol–water partition coefficient (Wildman–Crippen LogP) is 1.13. The molecule has 1 unspecified atom stereocenters. The first kappa shape index (κ1) is 11.3. The lowest BCUT2D eigenvalue weighted by atomic mass is 10.1. The van der Waals surface area contributed by atoms with Gasteiger partial charge in [0.25, 0.3) is 0 Å². The number of urea groups is 1. The Hall–Kier alpha value is -1.75. The summed E-state index contributed by atoms with van der Waals surface area (Å²) >= 11 is 0. The summed E-state index contributed by atoms with van der Waals surface area (Å²) in [5.74, 6) is 0. The Labute approximate surface area is 106 Å². The number of carbonyl (C=O) groups is 1. The summed E-state index contributed by atoms with van der Waals surface area (Å²) in [6, 6.07) is 5.84. The molecule has 18 heavy (non-hydrogen) atoms. The van der Waals surface area contributed by atoms with E-state index in [1.165, 1.54) is 5.56 Å². The van der Waals surface area contributed by atoms with Crippen molar-refractivity contribution in [3.05, 3.63) is 23.8 Å². The van der Waals surface area contributed by atoms with E-state index in [4.69, 9.17) is 10.5 Å². The van der Waals surface area contributed by atoms with Crippen molar-refractivity contribution in [1.29, 1.82) is 0 Å². The largest absolute Gasteiger partial charge is 0.399 e. The number of nitrogens with two attached hydrogens (primary N) is 1. The summed E-state index contributed by atoms with van der Waals surface area (Å²) in [5, 5.41) is 3.00. The van der Waals surface area contributed by atoms with E-state index < -0.39 is 0 Å². The molecule has 5 nitrogen and oxygen atoms in total. The molecule has 0 aromatic heterocycles. The quantitative estimate of drug-likeness (QED) is 0.731. The second-order valence-corrected chi connectivity index (χ2v) is 4.80. The minimum Gasteiger partial charge on any atom is -0.399 e. The van der Waals surface area contributed by atoms with Crippen LogP contribution in [0.4, 0.5) is 16.2 Å². The number of hydrogen-bond acceptors (Lipinski definition) is 3. The van der Waals surface area contributed by atoms with E-state index in [1.54, 1.807) is 4.90 Å². The monoisotopic (exact) mass is 247 g/mol. The molecule has 2 aliphatic heterocycles. The number of carbonyl (C=O) groups excluding carboxylic acids is 1. The van der Waals surface area contributed by atoms with E-state index in [0.717, 1.165) is 31.7 Å². The number of benzene rings is 1. The second kappa shape index (κ2) is 4.49. The molecule has 1 fully saturated rings. The highest BCUT2D eigenvalue weighted by atomic mass is 16.5. The first-order valence-corrected chi connectivity index (χ1v) is 6.28. The van der Waals surface area contributed by atoms with E-state index in [-0.39, 0.29) is 12.1 Å². The highest BCUT2D eigenvalue weighted by Gasteiger charge is 2.27. The highest BCUT2D eigenvalue weighted by Crippen LogP contribution is 2.29. The number of anilines is 2. The average molecular weight is 247 g/mol. The summed E-state index contributed by atoms with van der Waals surface area (Å²) in [7, 11) is 0. The van der Waals surface area contributed by atoms with E-state index in [9.17, 15) is 4.79 Å². The van der Waals surface area contributed by atoms with Gasteiger partial charge in [0.15, 0.2) is 0 Å². The molecule has 2 aliphatic rings. The standard InChI is InChI=1S/C13H17N3O2/c14-10-2-1-9-3-5-16(12(9)7-10)13(17)15-11-4-6-18-8-11/h1-2,7,11H,3-6,8,14H2,(H,15,17). The molecule has 2 heterocycles. The van der Waals surface area contributed by atoms with Crippen LogP contribution in [0.3, 0.4) is 0 Å². The molecule has 3 N–H and O–H groups in total. The summed E-state index contributed by atoms with van der Waals surface area (Å²) in [4.78, 5) is 14.0. The van der Waals surface area contributed by atoms with Gasteiger partial charge in [-0.15, -0.1) is 0 Å². The number of hydrogen-bond donors (Lipinski definition) is 2. The fourth-order valence-electron chi connectivity index (χ4n) is 2.51. The number of fused-ring (bicyclic) bond motifs is 1. The fraction of sp³-hybridized carbons (Fsp3) is 0.462. The van der Waals surface area contributed by atoms with Crippen molar-refractivity contribution in [2.45, 2.75) is 18.9 Å². The first-order chi connectivity index (χ1) is 8.74. The van der Waals surface area contributed by atoms with Gasteiger partial charge in [-0.3, -0.25) is 4.90 Å². The molecule has 5 heteroatoms. The van der Waals surface area contributed by atoms with Gasteiger partial charge in [-0.2, -0.15) is 0 Å². The first-order valence-electron chi connectivity index (χ1n) is 6.28. The van der Waals surface area contributed by atoms with Crippen molar-refractivity contribution in [2.24, 2.45) is 0 Å². The second-order valence-electron chi connectivity index (χ2n) is 4.80. The normalized spacial score (nSPS) is 22.0. The van der Waals surface area contributed by atoms with Crippen LogP contribution in [0.2, 0.25) is 0 Å². The summed E-state index contributed by atoms with van der Waals surface area (Å²) in [6.07, 6.45) is 1.79. The van der Waals surface area contributed by atoms with Crippen LogP contribution in [0.25, 0.3) is 0 Å². The molecule has 0 bridgehead atoms. The maximum Gasteiger partial charge on any atom is 0.322 e. The van der Waals surface area contributed by atoms with Gasteiger partial charge in [0, 0.05) is 18.8 Å². The lowest BCUT2D eigenvalue weighted by Crippen LogP contribution is -2.44. The van der Waals surface area contributed by atoms with Crippen molar-refractivity contribution in [3.63, 3.8) is 0 Å². The molecule has 0 radical (unpaired) electrons. The maximum absolute atomic E-state index is 12.2. The van der Waals surface area contributed by atoms with Crippen LogP contribution in [0, 0.1) is 0 Å². The van der Waals surface area contributed by atoms with Crippen molar-refractivity contribution in [2.75, 3.05) is 30.4 Å². The number of nitrogens with one attached hydrogen (secondary N) is 1. The third kappa shape index (κ3) is 2.01. The van der Waals surface area contributed by atoms with Gasteiger partial charge >= 0.3 is 6.03 Å². The lowest BCUT2D eigenvalue weighted by molar-refractivity contribution is 0.189. The smallest absolute Gasteiger partial charge is 0.322 e. The number of nitrogen functional groups attached to an aromatic ring is 1. The van der Waals surface area contributed by atoms with Crippen molar-refractivity contribution < 1.29 is 9.53 Å². The third-order valence-electron chi connectivity index (χ3n) is 3.51. The molecule has 1 aromatic carbocycles. The van der Waals surface area contributed by atoms with Gasteiger partial charge in [-0.05, 0) is 30.5 Å². The lowest BCUT2D eigenvalue weighted by Gasteiger charge is -2.20. The van der Waals surface area contributed by atoms with Gasteiger partial charge in [0.1, 0.15) is 0 Å². The topological polar surface area (TPSA) is 67.6 Å². The van der Waals surface area contributed by atoms with E-state index in [1.807, 2.05) is 18.2 Å². The van der Waals surface area contributed by atoms with Crippen LogP contribution >= 0.6 is 0 Å². The molecule has 1 aromatic rings. The zero-order chi connectivity index (χ0) is 12.5. The van der Waals surface area contributed by atoms with Gasteiger partial charge in [-0.1, -0.05) is 6.07 Å². The Morgan fingerprint density at radius 1 is 1.50 bits per heavy atom. The van der Waals surface area contributed by atoms with Gasteiger partial charge in [0.05, 0.1) is 18.3 Å². The van der Waals surface area contributed by atoms with E-state index >= 15 is 0 Å². The van der Waals surface area contributed by atoms with Gasteiger partial charge in [0.2, 0.25) is 0 Å². The number of amides is 2. The van der Waals surface area contributed by atoms with Crippen LogP contribution in [0.15, 0.2) is 18.2 Å². The maximum atomic E-state index is 12.2.